The van der Waals surface area contributed by atoms with Gasteiger partial charge in [0.25, 0.3) is 5.91 Å². The Labute approximate surface area is 152 Å². The Morgan fingerprint density at radius 1 is 1.24 bits per heavy atom. The van der Waals surface area contributed by atoms with Crippen molar-refractivity contribution in [3.05, 3.63) is 52.2 Å². The van der Waals surface area contributed by atoms with Crippen LogP contribution < -0.4 is 5.32 Å². The van der Waals surface area contributed by atoms with Gasteiger partial charge in [0.05, 0.1) is 10.8 Å². The zero-order valence-corrected chi connectivity index (χ0v) is 15.5. The van der Waals surface area contributed by atoms with Gasteiger partial charge in [-0.25, -0.2) is 0 Å². The molecule has 5 heteroatoms. The van der Waals surface area contributed by atoms with Gasteiger partial charge < -0.3 is 10.2 Å². The van der Waals surface area contributed by atoms with E-state index in [1.54, 1.807) is 0 Å². The predicted octanol–water partition coefficient (Wildman–Crippen LogP) is 4.36. The summed E-state index contributed by atoms with van der Waals surface area (Å²) < 4.78 is 0. The lowest BCUT2D eigenvalue weighted by molar-refractivity contribution is -0.121. The molecule has 1 fully saturated rings. The second-order valence-corrected chi connectivity index (χ2v) is 7.78. The SMILES string of the molecule is CC(C)c1cccc(NC(=O)C2CCCN(C(=O)c3cccs3)C2)c1. The van der Waals surface area contributed by atoms with Crippen molar-refractivity contribution in [3.8, 4) is 0 Å². The summed E-state index contributed by atoms with van der Waals surface area (Å²) in [6.45, 7) is 5.49. The molecule has 0 spiro atoms. The molecule has 1 aliphatic heterocycles. The fourth-order valence-electron chi connectivity index (χ4n) is 3.15. The van der Waals surface area contributed by atoms with E-state index in [1.165, 1.54) is 16.9 Å². The van der Waals surface area contributed by atoms with E-state index in [2.05, 4.69) is 25.2 Å². The number of nitrogens with one attached hydrogen (secondary N) is 1. The summed E-state index contributed by atoms with van der Waals surface area (Å²) in [7, 11) is 0. The largest absolute Gasteiger partial charge is 0.337 e. The Kier molecular flexibility index (Phi) is 5.53. The molecular formula is C20H24N2O2S. The average molecular weight is 356 g/mol. The van der Waals surface area contributed by atoms with Gasteiger partial charge in [-0.15, -0.1) is 11.3 Å². The van der Waals surface area contributed by atoms with Crippen molar-refractivity contribution in [2.45, 2.75) is 32.6 Å². The van der Waals surface area contributed by atoms with Gasteiger partial charge in [-0.05, 0) is 47.9 Å². The fourth-order valence-corrected chi connectivity index (χ4v) is 3.84. The summed E-state index contributed by atoms with van der Waals surface area (Å²) in [6, 6.07) is 11.7. The van der Waals surface area contributed by atoms with Crippen molar-refractivity contribution in [2.75, 3.05) is 18.4 Å². The van der Waals surface area contributed by atoms with Crippen molar-refractivity contribution in [1.29, 1.82) is 0 Å². The van der Waals surface area contributed by atoms with Crippen molar-refractivity contribution in [3.63, 3.8) is 0 Å². The van der Waals surface area contributed by atoms with Crippen LogP contribution in [0.4, 0.5) is 5.69 Å². The normalized spacial score (nSPS) is 17.6. The first-order valence-corrected chi connectivity index (χ1v) is 9.66. The number of likely N-dealkylation sites (tertiary alicyclic amines) is 1. The molecule has 4 nitrogen and oxygen atoms in total. The summed E-state index contributed by atoms with van der Waals surface area (Å²) in [6.07, 6.45) is 1.69. The number of hydrogen-bond acceptors (Lipinski definition) is 3. The van der Waals surface area contributed by atoms with Gasteiger partial charge in [-0.1, -0.05) is 32.0 Å². The monoisotopic (exact) mass is 356 g/mol. The van der Waals surface area contributed by atoms with E-state index < -0.39 is 0 Å². The summed E-state index contributed by atoms with van der Waals surface area (Å²) >= 11 is 1.45. The molecule has 2 heterocycles. The van der Waals surface area contributed by atoms with Gasteiger partial charge in [0.15, 0.2) is 0 Å². The first-order chi connectivity index (χ1) is 12.0. The highest BCUT2D eigenvalue weighted by atomic mass is 32.1. The molecule has 2 aromatic rings. The molecule has 0 bridgehead atoms. The molecule has 3 rings (SSSR count). The average Bonchev–Trinajstić information content (AvgIpc) is 3.16. The minimum atomic E-state index is -0.152. The lowest BCUT2D eigenvalue weighted by atomic mass is 9.96. The second kappa shape index (κ2) is 7.83. The molecule has 1 N–H and O–H groups in total. The molecule has 0 saturated carbocycles. The van der Waals surface area contributed by atoms with Gasteiger partial charge in [0, 0.05) is 18.8 Å². The molecule has 132 valence electrons. The standard InChI is InChI=1S/C20H24N2O2S/c1-14(2)15-6-3-8-17(12-15)21-19(23)16-7-4-10-22(13-16)20(24)18-9-5-11-25-18/h3,5-6,8-9,11-12,14,16H,4,7,10,13H2,1-2H3,(H,21,23). The third-order valence-electron chi connectivity index (χ3n) is 4.63. The van der Waals surface area contributed by atoms with E-state index in [4.69, 9.17) is 0 Å². The maximum absolute atomic E-state index is 12.7. The third kappa shape index (κ3) is 4.28. The molecule has 2 amide bonds. The molecule has 1 aliphatic rings. The van der Waals surface area contributed by atoms with Crippen LogP contribution in [0.2, 0.25) is 0 Å². The van der Waals surface area contributed by atoms with Crippen molar-refractivity contribution >= 4 is 28.8 Å². The van der Waals surface area contributed by atoms with Crippen LogP contribution in [0.5, 0.6) is 0 Å². The maximum atomic E-state index is 12.7. The van der Waals surface area contributed by atoms with Gasteiger partial charge in [-0.3, -0.25) is 9.59 Å². The van der Waals surface area contributed by atoms with Crippen LogP contribution in [0.3, 0.4) is 0 Å². The molecule has 1 aromatic heterocycles. The number of hydrogen-bond donors (Lipinski definition) is 1. The Morgan fingerprint density at radius 2 is 2.08 bits per heavy atom. The number of carbonyl (C=O) groups is 2. The maximum Gasteiger partial charge on any atom is 0.263 e. The minimum Gasteiger partial charge on any atom is -0.337 e. The Balaban J connectivity index is 1.64. The second-order valence-electron chi connectivity index (χ2n) is 6.84. The summed E-state index contributed by atoms with van der Waals surface area (Å²) in [5.41, 5.74) is 2.04. The van der Waals surface area contributed by atoms with Crippen LogP contribution >= 0.6 is 11.3 Å². The van der Waals surface area contributed by atoms with E-state index in [-0.39, 0.29) is 17.7 Å². The van der Waals surface area contributed by atoms with Crippen LogP contribution in [0.25, 0.3) is 0 Å². The minimum absolute atomic E-state index is 0.00425. The number of carbonyl (C=O) groups excluding carboxylic acids is 2. The molecule has 1 aromatic carbocycles. The quantitative estimate of drug-likeness (QED) is 0.885. The molecular weight excluding hydrogens is 332 g/mol. The van der Waals surface area contributed by atoms with Gasteiger partial charge in [-0.2, -0.15) is 0 Å². The molecule has 25 heavy (non-hydrogen) atoms. The zero-order valence-electron chi connectivity index (χ0n) is 14.7. The van der Waals surface area contributed by atoms with E-state index in [0.717, 1.165) is 30.0 Å². The first kappa shape index (κ1) is 17.7. The highest BCUT2D eigenvalue weighted by Crippen LogP contribution is 2.23. The number of thiophene rings is 1. The number of anilines is 1. The van der Waals surface area contributed by atoms with Crippen molar-refractivity contribution < 1.29 is 9.59 Å². The van der Waals surface area contributed by atoms with Crippen LogP contribution in [0.1, 0.15) is 47.8 Å². The number of piperidine rings is 1. The van der Waals surface area contributed by atoms with Gasteiger partial charge in [0.1, 0.15) is 0 Å². The van der Waals surface area contributed by atoms with E-state index in [9.17, 15) is 9.59 Å². The molecule has 0 aliphatic carbocycles. The number of rotatable bonds is 4. The van der Waals surface area contributed by atoms with Gasteiger partial charge >= 0.3 is 0 Å². The van der Waals surface area contributed by atoms with Crippen LogP contribution in [-0.2, 0) is 4.79 Å². The smallest absolute Gasteiger partial charge is 0.263 e. The topological polar surface area (TPSA) is 49.4 Å². The number of amides is 2. The summed E-state index contributed by atoms with van der Waals surface area (Å²) in [5, 5.41) is 4.93. The van der Waals surface area contributed by atoms with Crippen molar-refractivity contribution in [1.82, 2.24) is 4.90 Å². The van der Waals surface area contributed by atoms with E-state index in [0.29, 0.717) is 12.5 Å². The highest BCUT2D eigenvalue weighted by molar-refractivity contribution is 7.12. The lowest BCUT2D eigenvalue weighted by Gasteiger charge is -2.31. The summed E-state index contributed by atoms with van der Waals surface area (Å²) in [4.78, 5) is 27.7. The van der Waals surface area contributed by atoms with Gasteiger partial charge in [0.2, 0.25) is 5.91 Å². The molecule has 1 atom stereocenters. The summed E-state index contributed by atoms with van der Waals surface area (Å²) in [5.74, 6) is 0.310. The predicted molar refractivity (Wildman–Crippen MR) is 102 cm³/mol. The number of benzene rings is 1. The van der Waals surface area contributed by atoms with Crippen molar-refractivity contribution in [2.24, 2.45) is 5.92 Å². The van der Waals surface area contributed by atoms with E-state index >= 15 is 0 Å². The van der Waals surface area contributed by atoms with Crippen LogP contribution in [0.15, 0.2) is 41.8 Å². The van der Waals surface area contributed by atoms with E-state index in [1.807, 2.05) is 40.6 Å². The third-order valence-corrected chi connectivity index (χ3v) is 5.49. The zero-order chi connectivity index (χ0) is 17.8. The molecule has 1 unspecified atom stereocenters. The highest BCUT2D eigenvalue weighted by Gasteiger charge is 2.29. The fraction of sp³-hybridized carbons (Fsp3) is 0.400. The lowest BCUT2D eigenvalue weighted by Crippen LogP contribution is -2.43. The first-order valence-electron chi connectivity index (χ1n) is 8.78. The molecule has 1 saturated heterocycles. The molecule has 0 radical (unpaired) electrons. The Bertz CT molecular complexity index is 740. The Hall–Kier alpha value is -2.14. The number of nitrogens with zero attached hydrogens (tertiary/aromatic N) is 1. The van der Waals surface area contributed by atoms with Crippen LogP contribution in [-0.4, -0.2) is 29.8 Å². The Morgan fingerprint density at radius 3 is 2.80 bits per heavy atom. The van der Waals surface area contributed by atoms with Crippen LogP contribution in [0, 0.1) is 5.92 Å².